The van der Waals surface area contributed by atoms with Gasteiger partial charge in [0.25, 0.3) is 0 Å². The number of ether oxygens (including phenoxy) is 1. The summed E-state index contributed by atoms with van der Waals surface area (Å²) in [5, 5.41) is 0. The van der Waals surface area contributed by atoms with Gasteiger partial charge in [-0.2, -0.15) is 0 Å². The summed E-state index contributed by atoms with van der Waals surface area (Å²) in [5.74, 6) is 0.853. The van der Waals surface area contributed by atoms with E-state index >= 15 is 0 Å². The topological polar surface area (TPSA) is 36.9 Å². The van der Waals surface area contributed by atoms with Gasteiger partial charge in [0.15, 0.2) is 0 Å². The van der Waals surface area contributed by atoms with E-state index in [0.29, 0.717) is 19.8 Å². The number of benzene rings is 1. The predicted molar refractivity (Wildman–Crippen MR) is 95.9 cm³/mol. The molecule has 0 N–H and O–H groups in total. The van der Waals surface area contributed by atoms with Gasteiger partial charge in [0.1, 0.15) is 5.75 Å². The minimum Gasteiger partial charge on any atom is -0.497 e. The maximum atomic E-state index is 6.22. The first-order chi connectivity index (χ1) is 11.1. The Kier molecular flexibility index (Phi) is 9.48. The molecule has 132 valence electrons. The summed E-state index contributed by atoms with van der Waals surface area (Å²) in [4.78, 5) is 0. The lowest BCUT2D eigenvalue weighted by Gasteiger charge is -2.34. The largest absolute Gasteiger partial charge is 0.508 e. The van der Waals surface area contributed by atoms with Gasteiger partial charge in [-0.3, -0.25) is 0 Å². The third-order valence-electron chi connectivity index (χ3n) is 3.67. The number of hydrogen-bond donors (Lipinski definition) is 0. The number of methoxy groups -OCH3 is 1. The average molecular weight is 341 g/mol. The number of hydrogen-bond acceptors (Lipinski definition) is 4. The smallest absolute Gasteiger partial charge is 0.497 e. The van der Waals surface area contributed by atoms with Crippen molar-refractivity contribution < 1.29 is 18.0 Å². The van der Waals surface area contributed by atoms with Crippen LogP contribution in [0.15, 0.2) is 24.3 Å². The zero-order valence-corrected chi connectivity index (χ0v) is 16.3. The van der Waals surface area contributed by atoms with Gasteiger partial charge >= 0.3 is 8.80 Å². The van der Waals surface area contributed by atoms with Crippen molar-refractivity contribution >= 4 is 8.80 Å². The first-order valence-corrected chi connectivity index (χ1v) is 10.5. The van der Waals surface area contributed by atoms with Gasteiger partial charge < -0.3 is 18.0 Å². The van der Waals surface area contributed by atoms with Crippen LogP contribution in [0.25, 0.3) is 0 Å². The van der Waals surface area contributed by atoms with Crippen LogP contribution in [0, 0.1) is 0 Å². The Morgan fingerprint density at radius 2 is 1.26 bits per heavy atom. The van der Waals surface area contributed by atoms with E-state index in [9.17, 15) is 0 Å². The summed E-state index contributed by atoms with van der Waals surface area (Å²) in [6.45, 7) is 10.5. The van der Waals surface area contributed by atoms with Gasteiger partial charge in [0.2, 0.25) is 0 Å². The summed E-state index contributed by atoms with van der Waals surface area (Å²) < 4.78 is 23.9. The fourth-order valence-corrected chi connectivity index (χ4v) is 5.40. The zero-order chi connectivity index (χ0) is 17.1. The Hall–Kier alpha value is -0.883. The van der Waals surface area contributed by atoms with Crippen molar-refractivity contribution in [1.82, 2.24) is 0 Å². The van der Waals surface area contributed by atoms with Gasteiger partial charge in [-0.1, -0.05) is 39.8 Å². The molecule has 1 rings (SSSR count). The Labute approximate surface area is 142 Å². The molecular weight excluding hydrogens is 308 g/mol. The lowest BCUT2D eigenvalue weighted by atomic mass is 10.1. The third kappa shape index (κ3) is 5.92. The summed E-state index contributed by atoms with van der Waals surface area (Å²) >= 11 is 0. The summed E-state index contributed by atoms with van der Waals surface area (Å²) in [6, 6.07) is 8.10. The van der Waals surface area contributed by atoms with Gasteiger partial charge in [-0.15, -0.1) is 0 Å². The van der Waals surface area contributed by atoms with Crippen LogP contribution in [0.2, 0.25) is 0 Å². The average Bonchev–Trinajstić information content (AvgIpc) is 2.61. The lowest BCUT2D eigenvalue weighted by molar-refractivity contribution is 0.0516. The maximum absolute atomic E-state index is 6.22. The fourth-order valence-electron chi connectivity index (χ4n) is 2.33. The van der Waals surface area contributed by atoms with E-state index < -0.39 is 8.80 Å². The minimum absolute atomic E-state index is 0.0954. The van der Waals surface area contributed by atoms with Crippen molar-refractivity contribution in [3.05, 3.63) is 29.8 Å². The maximum Gasteiger partial charge on any atom is 0.508 e. The van der Waals surface area contributed by atoms with Gasteiger partial charge in [-0.25, -0.2) is 0 Å². The van der Waals surface area contributed by atoms with Gasteiger partial charge in [-0.05, 0) is 37.0 Å². The molecule has 0 heterocycles. The van der Waals surface area contributed by atoms with Crippen LogP contribution in [0.5, 0.6) is 5.75 Å². The minimum atomic E-state index is -2.77. The monoisotopic (exact) mass is 340 g/mol. The van der Waals surface area contributed by atoms with Crippen LogP contribution in [-0.4, -0.2) is 35.7 Å². The predicted octanol–water partition coefficient (Wildman–Crippen LogP) is 4.56. The zero-order valence-electron chi connectivity index (χ0n) is 15.3. The molecule has 1 unspecified atom stereocenters. The molecule has 5 heteroatoms. The molecule has 4 nitrogen and oxygen atoms in total. The van der Waals surface area contributed by atoms with Crippen molar-refractivity contribution in [2.45, 2.75) is 52.5 Å². The van der Waals surface area contributed by atoms with Crippen LogP contribution in [0.1, 0.15) is 58.1 Å². The molecule has 0 saturated heterocycles. The molecule has 0 aliphatic rings. The van der Waals surface area contributed by atoms with E-state index in [1.54, 1.807) is 7.11 Å². The van der Waals surface area contributed by atoms with Gasteiger partial charge in [0, 0.05) is 19.8 Å². The molecule has 0 fully saturated rings. The molecule has 0 saturated carbocycles. The first kappa shape index (κ1) is 20.2. The molecule has 23 heavy (non-hydrogen) atoms. The molecule has 0 radical (unpaired) electrons. The second-order valence-corrected chi connectivity index (χ2v) is 8.58. The lowest BCUT2D eigenvalue weighted by Crippen LogP contribution is -2.51. The summed E-state index contributed by atoms with van der Waals surface area (Å²) in [5.41, 5.74) is 1.26. The molecule has 0 aliphatic carbocycles. The van der Waals surface area contributed by atoms with Crippen molar-refractivity contribution in [2.75, 3.05) is 26.9 Å². The molecule has 1 aromatic carbocycles. The van der Waals surface area contributed by atoms with Crippen molar-refractivity contribution in [3.63, 3.8) is 0 Å². The van der Waals surface area contributed by atoms with E-state index in [2.05, 4.69) is 39.8 Å². The molecule has 0 bridgehead atoms. The van der Waals surface area contributed by atoms with E-state index in [-0.39, 0.29) is 5.54 Å². The Morgan fingerprint density at radius 1 is 0.826 bits per heavy atom. The Balaban J connectivity index is 3.04. The molecular formula is C18H32O4Si. The SMILES string of the molecule is CCCO[Si](OCCC)(OCCC)C(C)c1ccc(OC)cc1. The summed E-state index contributed by atoms with van der Waals surface area (Å²) in [7, 11) is -1.09. The van der Waals surface area contributed by atoms with E-state index in [1.165, 1.54) is 5.56 Å². The Morgan fingerprint density at radius 3 is 1.61 bits per heavy atom. The molecule has 0 spiro atoms. The molecule has 1 aromatic rings. The van der Waals surface area contributed by atoms with E-state index in [1.807, 2.05) is 12.1 Å². The third-order valence-corrected chi connectivity index (χ3v) is 6.88. The van der Waals surface area contributed by atoms with Crippen LogP contribution >= 0.6 is 0 Å². The fraction of sp³-hybridized carbons (Fsp3) is 0.667. The standard InChI is InChI=1S/C18H32O4Si/c1-6-13-20-23(21-14-7-2,22-15-8-3)16(4)17-9-11-18(19-5)12-10-17/h9-12,16H,6-8,13-15H2,1-5H3. The highest BCUT2D eigenvalue weighted by Gasteiger charge is 2.48. The van der Waals surface area contributed by atoms with Crippen molar-refractivity contribution in [1.29, 1.82) is 0 Å². The highest BCUT2D eigenvalue weighted by Crippen LogP contribution is 2.31. The molecule has 0 amide bonds. The molecule has 0 aliphatic heterocycles. The quantitative estimate of drug-likeness (QED) is 0.523. The van der Waals surface area contributed by atoms with Crippen LogP contribution in [0.3, 0.4) is 0 Å². The van der Waals surface area contributed by atoms with Crippen LogP contribution in [-0.2, 0) is 13.3 Å². The second-order valence-electron chi connectivity index (χ2n) is 5.64. The van der Waals surface area contributed by atoms with E-state index in [0.717, 1.165) is 25.0 Å². The highest BCUT2D eigenvalue weighted by molar-refractivity contribution is 6.62. The number of rotatable bonds is 12. The summed E-state index contributed by atoms with van der Waals surface area (Å²) in [6.07, 6.45) is 2.86. The van der Waals surface area contributed by atoms with E-state index in [4.69, 9.17) is 18.0 Å². The van der Waals surface area contributed by atoms with Gasteiger partial charge in [0.05, 0.1) is 12.7 Å². The first-order valence-electron chi connectivity index (χ1n) is 8.69. The second kappa shape index (κ2) is 10.8. The molecule has 0 aromatic heterocycles. The molecule has 1 atom stereocenters. The van der Waals surface area contributed by atoms with Crippen molar-refractivity contribution in [2.24, 2.45) is 0 Å². The van der Waals surface area contributed by atoms with Crippen LogP contribution < -0.4 is 4.74 Å². The highest BCUT2D eigenvalue weighted by atomic mass is 28.4. The van der Waals surface area contributed by atoms with Crippen molar-refractivity contribution in [3.8, 4) is 5.75 Å². The normalized spacial score (nSPS) is 13.1. The van der Waals surface area contributed by atoms with Crippen LogP contribution in [0.4, 0.5) is 0 Å². The Bertz CT molecular complexity index is 400.